The van der Waals surface area contributed by atoms with Gasteiger partial charge in [0, 0.05) is 59.6 Å². The number of ether oxygens (including phenoxy) is 2. The van der Waals surface area contributed by atoms with Crippen LogP contribution in [0.2, 0.25) is 0 Å². The Bertz CT molecular complexity index is 1160. The molecule has 2 atom stereocenters. The zero-order chi connectivity index (χ0) is 28.6. The molecule has 3 amide bonds. The van der Waals surface area contributed by atoms with Gasteiger partial charge in [0.15, 0.2) is 5.82 Å². The van der Waals surface area contributed by atoms with Crippen LogP contribution in [0.25, 0.3) is 11.0 Å². The zero-order valence-corrected chi connectivity index (χ0v) is 24.0. The number of rotatable bonds is 10. The van der Waals surface area contributed by atoms with Gasteiger partial charge in [-0.1, -0.05) is 26.0 Å². The van der Waals surface area contributed by atoms with Crippen LogP contribution in [-0.4, -0.2) is 113 Å². The molecule has 11 heteroatoms. The van der Waals surface area contributed by atoms with Crippen LogP contribution >= 0.6 is 0 Å². The summed E-state index contributed by atoms with van der Waals surface area (Å²) >= 11 is 0. The first kappa shape index (κ1) is 29.8. The van der Waals surface area contributed by atoms with Gasteiger partial charge in [0.25, 0.3) is 5.91 Å². The van der Waals surface area contributed by atoms with Gasteiger partial charge in [-0.25, -0.2) is 9.78 Å². The second-order valence-electron chi connectivity index (χ2n) is 11.2. The van der Waals surface area contributed by atoms with E-state index in [0.29, 0.717) is 58.2 Å². The zero-order valence-electron chi connectivity index (χ0n) is 24.0. The number of methoxy groups -OCH3 is 1. The first-order valence-corrected chi connectivity index (χ1v) is 14.4. The van der Waals surface area contributed by atoms with Gasteiger partial charge in [0.1, 0.15) is 0 Å². The molecule has 3 heterocycles. The molecular weight excluding hydrogens is 514 g/mol. The molecule has 40 heavy (non-hydrogen) atoms. The van der Waals surface area contributed by atoms with Crippen molar-refractivity contribution in [3.05, 3.63) is 30.1 Å². The van der Waals surface area contributed by atoms with E-state index in [1.165, 1.54) is 4.90 Å². The number of carbonyl (C=O) groups is 3. The standard InChI is InChI=1S/C29H43N5O6/c1-21(2)18-34(28(36)26-30-24-9-4-5-10-25(24)33(26)12-6-7-14-39-3)23-17-22(19-32(20-23)29(37)38)27(35)31-11-8-15-40-16-13-31/h4-5,9-10,21-23H,6-8,11-20H2,1-3H3,(H,37,38)/t22-,23+/m1/s1. The third-order valence-corrected chi connectivity index (χ3v) is 7.67. The maximum absolute atomic E-state index is 14.3. The molecule has 2 fully saturated rings. The number of para-hydroxylation sites is 2. The third-order valence-electron chi connectivity index (χ3n) is 7.67. The van der Waals surface area contributed by atoms with Crippen LogP contribution in [0.4, 0.5) is 4.79 Å². The summed E-state index contributed by atoms with van der Waals surface area (Å²) in [6.45, 7) is 8.22. The number of hydrogen-bond donors (Lipinski definition) is 1. The van der Waals surface area contributed by atoms with E-state index >= 15 is 0 Å². The van der Waals surface area contributed by atoms with Crippen molar-refractivity contribution in [3.63, 3.8) is 0 Å². The van der Waals surface area contributed by atoms with Crippen molar-refractivity contribution in [3.8, 4) is 0 Å². The average Bonchev–Trinajstić information content (AvgIpc) is 3.10. The van der Waals surface area contributed by atoms with Gasteiger partial charge in [0.2, 0.25) is 5.91 Å². The molecule has 0 bridgehead atoms. The minimum atomic E-state index is -1.08. The molecule has 4 rings (SSSR count). The number of likely N-dealkylation sites (tertiary alicyclic amines) is 1. The predicted molar refractivity (Wildman–Crippen MR) is 150 cm³/mol. The van der Waals surface area contributed by atoms with E-state index < -0.39 is 18.1 Å². The Labute approximate surface area is 236 Å². The lowest BCUT2D eigenvalue weighted by molar-refractivity contribution is -0.138. The number of carbonyl (C=O) groups excluding carboxylic acids is 2. The largest absolute Gasteiger partial charge is 0.465 e. The Balaban J connectivity index is 1.64. The molecule has 11 nitrogen and oxygen atoms in total. The van der Waals surface area contributed by atoms with Gasteiger partial charge in [-0.2, -0.15) is 0 Å². The number of aryl methyl sites for hydroxylation is 1. The molecule has 1 N–H and O–H groups in total. The number of fused-ring (bicyclic) bond motifs is 1. The summed E-state index contributed by atoms with van der Waals surface area (Å²) in [6.07, 6.45) is 1.76. The van der Waals surface area contributed by atoms with Gasteiger partial charge in [-0.3, -0.25) is 9.59 Å². The second kappa shape index (κ2) is 13.9. The number of amides is 3. The number of carboxylic acid groups (broad SMARTS) is 1. The Morgan fingerprint density at radius 2 is 1.93 bits per heavy atom. The van der Waals surface area contributed by atoms with Crippen LogP contribution in [-0.2, 0) is 20.8 Å². The molecule has 2 aliphatic heterocycles. The highest BCUT2D eigenvalue weighted by atomic mass is 16.5. The van der Waals surface area contributed by atoms with Crippen molar-refractivity contribution in [2.24, 2.45) is 11.8 Å². The van der Waals surface area contributed by atoms with Crippen molar-refractivity contribution in [1.29, 1.82) is 0 Å². The van der Waals surface area contributed by atoms with Gasteiger partial charge >= 0.3 is 6.09 Å². The van der Waals surface area contributed by atoms with E-state index in [9.17, 15) is 19.5 Å². The van der Waals surface area contributed by atoms with E-state index in [2.05, 4.69) is 0 Å². The molecule has 0 saturated carbocycles. The molecule has 1 aromatic carbocycles. The summed E-state index contributed by atoms with van der Waals surface area (Å²) in [4.78, 5) is 49.6. The molecular formula is C29H43N5O6. The van der Waals surface area contributed by atoms with Crippen LogP contribution in [0.15, 0.2) is 24.3 Å². The lowest BCUT2D eigenvalue weighted by atomic mass is 9.91. The van der Waals surface area contributed by atoms with Crippen molar-refractivity contribution >= 4 is 28.9 Å². The van der Waals surface area contributed by atoms with Crippen LogP contribution in [0.1, 0.15) is 50.1 Å². The summed E-state index contributed by atoms with van der Waals surface area (Å²) in [5.74, 6) is -0.338. The van der Waals surface area contributed by atoms with E-state index in [0.717, 1.165) is 30.3 Å². The smallest absolute Gasteiger partial charge is 0.407 e. The highest BCUT2D eigenvalue weighted by molar-refractivity contribution is 5.95. The maximum atomic E-state index is 14.3. The SMILES string of the molecule is COCCCCn1c(C(=O)N(CC(C)C)[C@H]2C[C@@H](C(=O)N3CCCOCC3)CN(C(=O)O)C2)nc2ccccc21. The Kier molecular flexibility index (Phi) is 10.4. The number of unbranched alkanes of at least 4 members (excludes halogenated alkanes) is 1. The maximum Gasteiger partial charge on any atom is 0.407 e. The summed E-state index contributed by atoms with van der Waals surface area (Å²) in [7, 11) is 1.68. The lowest BCUT2D eigenvalue weighted by Crippen LogP contribution is -2.57. The molecule has 0 aliphatic carbocycles. The van der Waals surface area contributed by atoms with Crippen LogP contribution < -0.4 is 0 Å². The predicted octanol–water partition coefficient (Wildman–Crippen LogP) is 3.18. The van der Waals surface area contributed by atoms with Crippen LogP contribution in [0.3, 0.4) is 0 Å². The summed E-state index contributed by atoms with van der Waals surface area (Å²) < 4.78 is 12.7. The van der Waals surface area contributed by atoms with Gasteiger partial charge in [-0.05, 0) is 43.7 Å². The quantitative estimate of drug-likeness (QED) is 0.446. The van der Waals surface area contributed by atoms with E-state index in [-0.39, 0.29) is 30.8 Å². The molecule has 2 saturated heterocycles. The second-order valence-corrected chi connectivity index (χ2v) is 11.2. The highest BCUT2D eigenvalue weighted by Gasteiger charge is 2.40. The minimum Gasteiger partial charge on any atom is -0.465 e. The Hall–Kier alpha value is -3.18. The van der Waals surface area contributed by atoms with Crippen molar-refractivity contribution in [1.82, 2.24) is 24.3 Å². The van der Waals surface area contributed by atoms with Gasteiger partial charge < -0.3 is 33.8 Å². The van der Waals surface area contributed by atoms with E-state index in [4.69, 9.17) is 14.5 Å². The fraction of sp³-hybridized carbons (Fsp3) is 0.655. The topological polar surface area (TPSA) is 117 Å². The van der Waals surface area contributed by atoms with Crippen LogP contribution in [0.5, 0.6) is 0 Å². The van der Waals surface area contributed by atoms with Crippen LogP contribution in [0, 0.1) is 11.8 Å². The van der Waals surface area contributed by atoms with Crippen molar-refractivity contribution in [2.75, 3.05) is 59.7 Å². The molecule has 1 aromatic heterocycles. The molecule has 0 radical (unpaired) electrons. The third kappa shape index (κ3) is 7.11. The monoisotopic (exact) mass is 557 g/mol. The molecule has 2 aromatic rings. The van der Waals surface area contributed by atoms with E-state index in [1.807, 2.05) is 42.7 Å². The summed E-state index contributed by atoms with van der Waals surface area (Å²) in [6, 6.07) is 7.26. The Morgan fingerprint density at radius 3 is 2.67 bits per heavy atom. The van der Waals surface area contributed by atoms with E-state index in [1.54, 1.807) is 16.9 Å². The first-order valence-electron chi connectivity index (χ1n) is 14.4. The normalized spacial score (nSPS) is 20.1. The number of imidazole rings is 1. The van der Waals surface area contributed by atoms with Gasteiger partial charge in [0.05, 0.1) is 29.6 Å². The molecule has 220 valence electrons. The molecule has 0 unspecified atom stereocenters. The number of benzene rings is 1. The summed E-state index contributed by atoms with van der Waals surface area (Å²) in [5, 5.41) is 9.96. The lowest BCUT2D eigenvalue weighted by Gasteiger charge is -2.42. The molecule has 0 spiro atoms. The number of hydrogen-bond acceptors (Lipinski definition) is 6. The number of piperidine rings is 1. The Morgan fingerprint density at radius 1 is 1.12 bits per heavy atom. The number of aromatic nitrogens is 2. The first-order chi connectivity index (χ1) is 19.3. The fourth-order valence-corrected chi connectivity index (χ4v) is 5.76. The van der Waals surface area contributed by atoms with Crippen molar-refractivity contribution in [2.45, 2.75) is 52.1 Å². The highest BCUT2D eigenvalue weighted by Crippen LogP contribution is 2.27. The fourth-order valence-electron chi connectivity index (χ4n) is 5.76. The van der Waals surface area contributed by atoms with Crippen molar-refractivity contribution < 1.29 is 29.0 Å². The summed E-state index contributed by atoms with van der Waals surface area (Å²) in [5.41, 5.74) is 1.63. The average molecular weight is 558 g/mol. The minimum absolute atomic E-state index is 0.0659. The molecule has 2 aliphatic rings. The van der Waals surface area contributed by atoms with Gasteiger partial charge in [-0.15, -0.1) is 0 Å². The number of nitrogens with zero attached hydrogens (tertiary/aromatic N) is 5.